The average molecular weight is 344 g/mol. The molecule has 0 spiro atoms. The van der Waals surface area contributed by atoms with Crippen molar-refractivity contribution in [2.45, 2.75) is 38.0 Å². The van der Waals surface area contributed by atoms with Crippen LogP contribution in [0.1, 0.15) is 24.8 Å². The Morgan fingerprint density at radius 2 is 1.83 bits per heavy atom. The molecule has 0 N–H and O–H groups in total. The van der Waals surface area contributed by atoms with Crippen LogP contribution < -0.4 is 4.74 Å². The number of ether oxygens (including phenoxy) is 1. The molecule has 1 aliphatic heterocycles. The molecule has 1 saturated heterocycles. The molecule has 0 unspecified atom stereocenters. The molecule has 0 radical (unpaired) electrons. The van der Waals surface area contributed by atoms with E-state index in [4.69, 9.17) is 4.74 Å². The predicted molar refractivity (Wildman–Crippen MR) is 84.7 cm³/mol. The first-order valence-electron chi connectivity index (χ1n) is 7.96. The molecule has 4 nitrogen and oxygen atoms in total. The fourth-order valence-corrected chi connectivity index (χ4v) is 2.93. The van der Waals surface area contributed by atoms with Crippen LogP contribution in [-0.2, 0) is 11.3 Å². The maximum absolute atomic E-state index is 12.7. The smallest absolute Gasteiger partial charge is 0.397 e. The zero-order chi connectivity index (χ0) is 17.7. The fourth-order valence-electron chi connectivity index (χ4n) is 2.93. The summed E-state index contributed by atoms with van der Waals surface area (Å²) in [5.41, 5.74) is 0.797. The van der Waals surface area contributed by atoms with Gasteiger partial charge in [-0.05, 0) is 50.7 Å². The van der Waals surface area contributed by atoms with Gasteiger partial charge in [0, 0.05) is 12.6 Å². The van der Waals surface area contributed by atoms with E-state index in [0.29, 0.717) is 18.6 Å². The van der Waals surface area contributed by atoms with E-state index in [2.05, 4.69) is 4.90 Å². The van der Waals surface area contributed by atoms with Crippen LogP contribution in [0.15, 0.2) is 24.3 Å². The highest BCUT2D eigenvalue weighted by atomic mass is 19.4. The van der Waals surface area contributed by atoms with Gasteiger partial charge >= 0.3 is 6.18 Å². The predicted octanol–water partition coefficient (Wildman–Crippen LogP) is 3.07. The van der Waals surface area contributed by atoms with E-state index in [9.17, 15) is 18.0 Å². The van der Waals surface area contributed by atoms with Crippen LogP contribution in [0.2, 0.25) is 0 Å². The van der Waals surface area contributed by atoms with Crippen LogP contribution in [0, 0.1) is 0 Å². The fraction of sp³-hybridized carbons (Fsp3) is 0.588. The number of hydrogen-bond donors (Lipinski definition) is 0. The van der Waals surface area contributed by atoms with Gasteiger partial charge in [-0.3, -0.25) is 4.79 Å². The molecule has 1 aromatic rings. The highest BCUT2D eigenvalue weighted by Gasteiger charge is 2.36. The molecular formula is C17H23F3N2O2. The van der Waals surface area contributed by atoms with Gasteiger partial charge in [-0.2, -0.15) is 13.2 Å². The molecule has 1 aliphatic rings. The lowest BCUT2D eigenvalue weighted by Crippen LogP contribution is -2.47. The number of halogens is 3. The van der Waals surface area contributed by atoms with E-state index in [1.807, 2.05) is 7.05 Å². The van der Waals surface area contributed by atoms with Gasteiger partial charge in [-0.25, -0.2) is 0 Å². The lowest BCUT2D eigenvalue weighted by atomic mass is 10.0. The Bertz CT molecular complexity index is 538. The number of amides is 1. The molecule has 1 amide bonds. The quantitative estimate of drug-likeness (QED) is 0.823. The summed E-state index contributed by atoms with van der Waals surface area (Å²) in [5, 5.41) is 0. The molecule has 7 heteroatoms. The second kappa shape index (κ2) is 7.88. The van der Waals surface area contributed by atoms with Crippen LogP contribution >= 0.6 is 0 Å². The minimum absolute atomic E-state index is 0.154. The SMILES string of the molecule is COc1ccc(CN(C(=O)CC(F)(F)F)C2CCN(C)CC2)cc1. The minimum Gasteiger partial charge on any atom is -0.497 e. The number of nitrogens with zero attached hydrogens (tertiary/aromatic N) is 2. The summed E-state index contributed by atoms with van der Waals surface area (Å²) in [6, 6.07) is 6.90. The molecule has 2 rings (SSSR count). The average Bonchev–Trinajstić information content (AvgIpc) is 2.52. The molecule has 1 heterocycles. The number of rotatable bonds is 5. The van der Waals surface area contributed by atoms with Gasteiger partial charge in [-0.1, -0.05) is 12.1 Å². The van der Waals surface area contributed by atoms with E-state index in [1.54, 1.807) is 31.4 Å². The van der Waals surface area contributed by atoms with Crippen molar-refractivity contribution >= 4 is 5.91 Å². The van der Waals surface area contributed by atoms with Crippen LogP contribution in [0.5, 0.6) is 5.75 Å². The normalized spacial score (nSPS) is 16.9. The van der Waals surface area contributed by atoms with Crippen LogP contribution in [-0.4, -0.2) is 55.2 Å². The van der Waals surface area contributed by atoms with Gasteiger partial charge in [-0.15, -0.1) is 0 Å². The molecule has 0 atom stereocenters. The number of carbonyl (C=O) groups excluding carboxylic acids is 1. The first kappa shape index (κ1) is 18.6. The Balaban J connectivity index is 2.13. The number of benzene rings is 1. The summed E-state index contributed by atoms with van der Waals surface area (Å²) in [5.74, 6) is -0.181. The zero-order valence-corrected chi connectivity index (χ0v) is 14.0. The summed E-state index contributed by atoms with van der Waals surface area (Å²) < 4.78 is 43.1. The van der Waals surface area contributed by atoms with E-state index >= 15 is 0 Å². The molecule has 0 bridgehead atoms. The number of likely N-dealkylation sites (tertiary alicyclic amines) is 1. The first-order chi connectivity index (χ1) is 11.3. The standard InChI is InChI=1S/C17H23F3N2O2/c1-21-9-7-14(8-10-21)22(16(23)11-17(18,19)20)12-13-3-5-15(24-2)6-4-13/h3-6,14H,7-12H2,1-2H3. The number of piperidine rings is 1. The van der Waals surface area contributed by atoms with Gasteiger partial charge in [0.15, 0.2) is 0 Å². The van der Waals surface area contributed by atoms with E-state index < -0.39 is 18.5 Å². The summed E-state index contributed by atoms with van der Waals surface area (Å²) >= 11 is 0. The van der Waals surface area contributed by atoms with Crippen LogP contribution in [0.3, 0.4) is 0 Å². The Kier molecular flexibility index (Phi) is 6.10. The van der Waals surface area contributed by atoms with Crippen molar-refractivity contribution in [3.05, 3.63) is 29.8 Å². The maximum atomic E-state index is 12.7. The maximum Gasteiger partial charge on any atom is 0.397 e. The van der Waals surface area contributed by atoms with Crippen molar-refractivity contribution in [3.8, 4) is 5.75 Å². The third kappa shape index (κ3) is 5.40. The number of hydrogen-bond acceptors (Lipinski definition) is 3. The summed E-state index contributed by atoms with van der Waals surface area (Å²) in [6.45, 7) is 1.75. The highest BCUT2D eigenvalue weighted by molar-refractivity contribution is 5.77. The lowest BCUT2D eigenvalue weighted by Gasteiger charge is -2.37. The molecule has 0 aliphatic carbocycles. The third-order valence-electron chi connectivity index (χ3n) is 4.31. The summed E-state index contributed by atoms with van der Waals surface area (Å²) in [7, 11) is 3.52. The van der Waals surface area contributed by atoms with Crippen molar-refractivity contribution < 1.29 is 22.7 Å². The van der Waals surface area contributed by atoms with E-state index in [-0.39, 0.29) is 12.6 Å². The Labute approximate surface area is 140 Å². The van der Waals surface area contributed by atoms with Gasteiger partial charge in [0.25, 0.3) is 0 Å². The second-order valence-corrected chi connectivity index (χ2v) is 6.20. The highest BCUT2D eigenvalue weighted by Crippen LogP contribution is 2.25. The van der Waals surface area contributed by atoms with Gasteiger partial charge < -0.3 is 14.5 Å². The van der Waals surface area contributed by atoms with Crippen molar-refractivity contribution in [2.75, 3.05) is 27.2 Å². The number of carbonyl (C=O) groups is 1. The van der Waals surface area contributed by atoms with Crippen molar-refractivity contribution in [3.63, 3.8) is 0 Å². The van der Waals surface area contributed by atoms with Crippen molar-refractivity contribution in [2.24, 2.45) is 0 Å². The number of alkyl halides is 3. The summed E-state index contributed by atoms with van der Waals surface area (Å²) in [6.07, 6.45) is -4.51. The molecule has 24 heavy (non-hydrogen) atoms. The third-order valence-corrected chi connectivity index (χ3v) is 4.31. The Hall–Kier alpha value is -1.76. The molecule has 0 saturated carbocycles. The monoisotopic (exact) mass is 344 g/mol. The van der Waals surface area contributed by atoms with E-state index in [1.165, 1.54) is 4.90 Å². The lowest BCUT2D eigenvalue weighted by molar-refractivity contribution is -0.164. The van der Waals surface area contributed by atoms with Crippen molar-refractivity contribution in [1.82, 2.24) is 9.80 Å². The van der Waals surface area contributed by atoms with Gasteiger partial charge in [0.2, 0.25) is 5.91 Å². The molecule has 1 aromatic carbocycles. The molecule has 134 valence electrons. The van der Waals surface area contributed by atoms with Crippen LogP contribution in [0.4, 0.5) is 13.2 Å². The molecular weight excluding hydrogens is 321 g/mol. The van der Waals surface area contributed by atoms with Crippen molar-refractivity contribution in [1.29, 1.82) is 0 Å². The Morgan fingerprint density at radius 1 is 1.25 bits per heavy atom. The minimum atomic E-state index is -4.49. The second-order valence-electron chi connectivity index (χ2n) is 6.20. The Morgan fingerprint density at radius 3 is 2.33 bits per heavy atom. The summed E-state index contributed by atoms with van der Waals surface area (Å²) in [4.78, 5) is 15.7. The van der Waals surface area contributed by atoms with Gasteiger partial charge in [0.1, 0.15) is 12.2 Å². The zero-order valence-electron chi connectivity index (χ0n) is 14.0. The number of methoxy groups -OCH3 is 1. The van der Waals surface area contributed by atoms with Gasteiger partial charge in [0.05, 0.1) is 7.11 Å². The first-order valence-corrected chi connectivity index (χ1v) is 7.96. The topological polar surface area (TPSA) is 32.8 Å². The molecule has 0 aromatic heterocycles. The largest absolute Gasteiger partial charge is 0.497 e. The van der Waals surface area contributed by atoms with Crippen LogP contribution in [0.25, 0.3) is 0 Å². The molecule has 1 fully saturated rings. The van der Waals surface area contributed by atoms with E-state index in [0.717, 1.165) is 18.7 Å².